The molecule has 0 aromatic heterocycles. The highest BCUT2D eigenvalue weighted by atomic mass is 32.2. The molecule has 1 aliphatic heterocycles. The molecule has 1 heterocycles. The van der Waals surface area contributed by atoms with E-state index in [0.29, 0.717) is 4.47 Å². The smallest absolute Gasteiger partial charge is 0.264 e. The zero-order chi connectivity index (χ0) is 23.5. The minimum atomic E-state index is -4.10. The molecule has 0 aliphatic carbocycles. The Kier molecular flexibility index (Phi) is 7.27. The number of anilines is 1. The van der Waals surface area contributed by atoms with Crippen LogP contribution in [-0.2, 0) is 29.6 Å². The van der Waals surface area contributed by atoms with Crippen LogP contribution < -0.4 is 5.32 Å². The van der Waals surface area contributed by atoms with E-state index in [-0.39, 0.29) is 42.4 Å². The van der Waals surface area contributed by atoms with Gasteiger partial charge in [-0.05, 0) is 42.5 Å². The molecule has 0 bridgehead atoms. The van der Waals surface area contributed by atoms with E-state index in [2.05, 4.69) is 5.32 Å². The SMILES string of the molecule is CON(C)S(=O)(=O)c1ccc(C(=O)Nc2ccc(F)c(S(=O)(=O)N3CCOCC3)c2)cc1. The van der Waals surface area contributed by atoms with Crippen molar-refractivity contribution in [3.05, 3.63) is 53.8 Å². The van der Waals surface area contributed by atoms with E-state index >= 15 is 0 Å². The van der Waals surface area contributed by atoms with Crippen LogP contribution in [0, 0.1) is 5.82 Å². The lowest BCUT2D eigenvalue weighted by Gasteiger charge is -2.26. The molecule has 32 heavy (non-hydrogen) atoms. The van der Waals surface area contributed by atoms with Crippen molar-refractivity contribution in [2.45, 2.75) is 9.79 Å². The Balaban J connectivity index is 1.81. The number of nitrogens with one attached hydrogen (secondary N) is 1. The minimum Gasteiger partial charge on any atom is -0.379 e. The number of ether oxygens (including phenoxy) is 1. The number of carbonyl (C=O) groups excluding carboxylic acids is 1. The van der Waals surface area contributed by atoms with Gasteiger partial charge in [0, 0.05) is 31.4 Å². The van der Waals surface area contributed by atoms with Crippen LogP contribution in [0.25, 0.3) is 0 Å². The molecule has 10 nitrogen and oxygen atoms in total. The summed E-state index contributed by atoms with van der Waals surface area (Å²) in [5.41, 5.74) is 0.185. The highest BCUT2D eigenvalue weighted by Gasteiger charge is 2.29. The molecule has 0 radical (unpaired) electrons. The van der Waals surface area contributed by atoms with Crippen molar-refractivity contribution in [1.82, 2.24) is 8.77 Å². The Bertz CT molecular complexity index is 1200. The van der Waals surface area contributed by atoms with Crippen molar-refractivity contribution in [2.75, 3.05) is 45.8 Å². The molecular weight excluding hydrogens is 465 g/mol. The van der Waals surface area contributed by atoms with Gasteiger partial charge in [0.05, 0.1) is 25.2 Å². The third-order valence-corrected chi connectivity index (χ3v) is 8.39. The predicted octanol–water partition coefficient (Wildman–Crippen LogP) is 1.28. The molecule has 0 saturated carbocycles. The number of halogens is 1. The summed E-state index contributed by atoms with van der Waals surface area (Å²) in [6.07, 6.45) is 0. The number of benzene rings is 2. The molecule has 0 atom stereocenters. The summed E-state index contributed by atoms with van der Waals surface area (Å²) in [5.74, 6) is -1.57. The van der Waals surface area contributed by atoms with Crippen LogP contribution in [0.15, 0.2) is 52.3 Å². The topological polar surface area (TPSA) is 122 Å². The molecule has 2 aromatic rings. The van der Waals surface area contributed by atoms with E-state index < -0.39 is 36.7 Å². The van der Waals surface area contributed by atoms with Gasteiger partial charge in [0.25, 0.3) is 15.9 Å². The van der Waals surface area contributed by atoms with Crippen LogP contribution in [0.4, 0.5) is 10.1 Å². The third kappa shape index (κ3) is 4.98. The average molecular weight is 488 g/mol. The number of hydrogen-bond donors (Lipinski definition) is 1. The maximum atomic E-state index is 14.3. The number of carbonyl (C=O) groups is 1. The quantitative estimate of drug-likeness (QED) is 0.584. The van der Waals surface area contributed by atoms with Gasteiger partial charge in [-0.2, -0.15) is 4.31 Å². The van der Waals surface area contributed by atoms with E-state index in [1.54, 1.807) is 0 Å². The first-order chi connectivity index (χ1) is 15.1. The Labute approximate surface area is 185 Å². The van der Waals surface area contributed by atoms with Crippen molar-refractivity contribution in [3.63, 3.8) is 0 Å². The van der Waals surface area contributed by atoms with Crippen molar-refractivity contribution < 1.29 is 35.6 Å². The van der Waals surface area contributed by atoms with E-state index in [1.807, 2.05) is 0 Å². The average Bonchev–Trinajstić information content (AvgIpc) is 2.80. The fourth-order valence-corrected chi connectivity index (χ4v) is 5.40. The van der Waals surface area contributed by atoms with E-state index in [1.165, 1.54) is 44.5 Å². The standard InChI is InChI=1S/C19H22FN3O7S2/c1-22(29-2)31(25,26)16-6-3-14(4-7-16)19(24)21-15-5-8-17(20)18(13-15)32(27,28)23-9-11-30-12-10-23/h3-8,13H,9-12H2,1-2H3,(H,21,24). The fraction of sp³-hybridized carbons (Fsp3) is 0.316. The van der Waals surface area contributed by atoms with Gasteiger partial charge in [-0.1, -0.05) is 4.47 Å². The van der Waals surface area contributed by atoms with Crippen molar-refractivity contribution in [3.8, 4) is 0 Å². The highest BCUT2D eigenvalue weighted by Crippen LogP contribution is 2.24. The number of amides is 1. The number of nitrogens with zero attached hydrogens (tertiary/aromatic N) is 2. The second-order valence-electron chi connectivity index (χ2n) is 6.74. The molecule has 1 fully saturated rings. The van der Waals surface area contributed by atoms with Crippen LogP contribution in [0.5, 0.6) is 0 Å². The molecule has 174 valence electrons. The Morgan fingerprint density at radius 2 is 1.72 bits per heavy atom. The minimum absolute atomic E-state index is 0.0686. The number of sulfonamides is 2. The lowest BCUT2D eigenvalue weighted by atomic mass is 10.2. The summed E-state index contributed by atoms with van der Waals surface area (Å²) in [5, 5.41) is 2.50. The van der Waals surface area contributed by atoms with Crippen molar-refractivity contribution in [2.24, 2.45) is 0 Å². The van der Waals surface area contributed by atoms with Gasteiger partial charge in [0.2, 0.25) is 10.0 Å². The van der Waals surface area contributed by atoms with Gasteiger partial charge in [0.1, 0.15) is 10.7 Å². The summed E-state index contributed by atoms with van der Waals surface area (Å²) in [6.45, 7) is 0.629. The fourth-order valence-electron chi connectivity index (χ4n) is 2.93. The number of morpholine rings is 1. The summed E-state index contributed by atoms with van der Waals surface area (Å²) in [6, 6.07) is 8.29. The van der Waals surface area contributed by atoms with Crippen LogP contribution in [0.3, 0.4) is 0 Å². The van der Waals surface area contributed by atoms with Gasteiger partial charge in [0.15, 0.2) is 0 Å². The van der Waals surface area contributed by atoms with E-state index in [0.717, 1.165) is 16.4 Å². The Hall–Kier alpha value is -2.42. The molecule has 0 unspecified atom stereocenters. The second kappa shape index (κ2) is 9.60. The zero-order valence-corrected chi connectivity index (χ0v) is 18.9. The molecule has 13 heteroatoms. The highest BCUT2D eigenvalue weighted by molar-refractivity contribution is 7.89. The number of rotatable bonds is 7. The first kappa shape index (κ1) is 24.2. The molecule has 2 aromatic carbocycles. The first-order valence-corrected chi connectivity index (χ1v) is 12.3. The van der Waals surface area contributed by atoms with Gasteiger partial charge >= 0.3 is 0 Å². The maximum absolute atomic E-state index is 14.3. The summed E-state index contributed by atoms with van der Waals surface area (Å²) >= 11 is 0. The lowest BCUT2D eigenvalue weighted by Crippen LogP contribution is -2.40. The van der Waals surface area contributed by atoms with Gasteiger partial charge < -0.3 is 10.1 Å². The maximum Gasteiger partial charge on any atom is 0.264 e. The van der Waals surface area contributed by atoms with Gasteiger partial charge in [-0.25, -0.2) is 21.2 Å². The monoisotopic (exact) mass is 487 g/mol. The number of hydroxylamine groups is 1. The Morgan fingerprint density at radius 3 is 2.31 bits per heavy atom. The Morgan fingerprint density at radius 1 is 1.09 bits per heavy atom. The molecule has 1 amide bonds. The van der Waals surface area contributed by atoms with Gasteiger partial charge in [-0.3, -0.25) is 9.63 Å². The summed E-state index contributed by atoms with van der Waals surface area (Å²) in [7, 11) is -5.54. The molecule has 0 spiro atoms. The molecule has 1 N–H and O–H groups in total. The first-order valence-electron chi connectivity index (χ1n) is 9.39. The van der Waals surface area contributed by atoms with E-state index in [4.69, 9.17) is 9.57 Å². The zero-order valence-electron chi connectivity index (χ0n) is 17.3. The molecule has 1 aliphatic rings. The molecule has 3 rings (SSSR count). The number of hydrogen-bond acceptors (Lipinski definition) is 7. The predicted molar refractivity (Wildman–Crippen MR) is 112 cm³/mol. The molecular formula is C19H22FN3O7S2. The largest absolute Gasteiger partial charge is 0.379 e. The van der Waals surface area contributed by atoms with Crippen LogP contribution >= 0.6 is 0 Å². The summed E-state index contributed by atoms with van der Waals surface area (Å²) < 4.78 is 71.2. The van der Waals surface area contributed by atoms with Gasteiger partial charge in [-0.15, -0.1) is 0 Å². The lowest BCUT2D eigenvalue weighted by molar-refractivity contribution is -0.0258. The van der Waals surface area contributed by atoms with Crippen LogP contribution in [0.2, 0.25) is 0 Å². The normalized spacial score (nSPS) is 15.6. The van der Waals surface area contributed by atoms with Crippen molar-refractivity contribution >= 4 is 31.6 Å². The second-order valence-corrected chi connectivity index (χ2v) is 10.6. The molecule has 1 saturated heterocycles. The van der Waals surface area contributed by atoms with Crippen molar-refractivity contribution in [1.29, 1.82) is 0 Å². The van der Waals surface area contributed by atoms with E-state index in [9.17, 15) is 26.0 Å². The summed E-state index contributed by atoms with van der Waals surface area (Å²) in [4.78, 5) is 16.6. The third-order valence-electron chi connectivity index (χ3n) is 4.79. The van der Waals surface area contributed by atoms with Crippen LogP contribution in [0.1, 0.15) is 10.4 Å². The van der Waals surface area contributed by atoms with Crippen LogP contribution in [-0.4, -0.2) is 72.0 Å².